The molecule has 0 spiro atoms. The quantitative estimate of drug-likeness (QED) is 0.567. The second-order valence-corrected chi connectivity index (χ2v) is 10.4. The van der Waals surface area contributed by atoms with Gasteiger partial charge >= 0.3 is 12.2 Å². The fourth-order valence-electron chi connectivity index (χ4n) is 3.92. The molecule has 1 fully saturated rings. The van der Waals surface area contributed by atoms with Crippen molar-refractivity contribution < 1.29 is 23.5 Å². The van der Waals surface area contributed by atoms with Crippen LogP contribution in [0.15, 0.2) is 46.9 Å². The van der Waals surface area contributed by atoms with Gasteiger partial charge in [-0.25, -0.2) is 9.59 Å². The molecule has 4 rings (SSSR count). The van der Waals surface area contributed by atoms with Gasteiger partial charge in [0.2, 0.25) is 0 Å². The summed E-state index contributed by atoms with van der Waals surface area (Å²) in [6.07, 6.45) is -0.949. The Balaban J connectivity index is 1.66. The van der Waals surface area contributed by atoms with Crippen molar-refractivity contribution in [2.75, 3.05) is 13.1 Å². The van der Waals surface area contributed by atoms with E-state index in [2.05, 4.69) is 5.32 Å². The molecule has 1 aliphatic heterocycles. The van der Waals surface area contributed by atoms with E-state index in [9.17, 15) is 9.59 Å². The molecule has 0 unspecified atom stereocenters. The van der Waals surface area contributed by atoms with Crippen LogP contribution in [0.4, 0.5) is 9.59 Å². The van der Waals surface area contributed by atoms with Gasteiger partial charge < -0.3 is 24.1 Å². The zero-order valence-electron chi connectivity index (χ0n) is 19.4. The Bertz CT molecular complexity index is 1180. The second-order valence-electron chi connectivity index (χ2n) is 10.4. The summed E-state index contributed by atoms with van der Waals surface area (Å²) in [6, 6.07) is 13.7. The monoisotopic (exact) mass is 438 g/mol. The minimum atomic E-state index is -0.799. The Hall–Kier alpha value is -3.22. The maximum absolute atomic E-state index is 12.7. The molecule has 1 aromatic heterocycles. The van der Waals surface area contributed by atoms with Crippen LogP contribution in [0.5, 0.6) is 0 Å². The van der Waals surface area contributed by atoms with Crippen LogP contribution in [0.1, 0.15) is 47.1 Å². The first kappa shape index (κ1) is 22.0. The molecule has 2 amide bonds. The number of nitrogens with one attached hydrogen (secondary N) is 1. The number of hydrogen-bond acceptors (Lipinski definition) is 5. The highest BCUT2D eigenvalue weighted by Crippen LogP contribution is 2.37. The number of alkyl carbamates (subject to hydrolysis) is 1. The number of rotatable bonds is 2. The lowest BCUT2D eigenvalue weighted by Crippen LogP contribution is -2.69. The van der Waals surface area contributed by atoms with Crippen LogP contribution in [-0.4, -0.2) is 41.4 Å². The first-order chi connectivity index (χ1) is 14.9. The molecular weight excluding hydrogens is 408 g/mol. The molecule has 32 heavy (non-hydrogen) atoms. The van der Waals surface area contributed by atoms with Gasteiger partial charge in [-0.3, -0.25) is 0 Å². The molecule has 2 heterocycles. The minimum Gasteiger partial charge on any atom is -0.456 e. The molecule has 1 N–H and O–H groups in total. The van der Waals surface area contributed by atoms with Gasteiger partial charge in [-0.15, -0.1) is 0 Å². The van der Waals surface area contributed by atoms with Crippen LogP contribution >= 0.6 is 0 Å². The summed E-state index contributed by atoms with van der Waals surface area (Å²) in [4.78, 5) is 26.8. The van der Waals surface area contributed by atoms with Crippen LogP contribution in [0, 0.1) is 0 Å². The van der Waals surface area contributed by atoms with Crippen molar-refractivity contribution in [1.82, 2.24) is 10.2 Å². The largest absolute Gasteiger partial charge is 0.456 e. The number of para-hydroxylation sites is 1. The van der Waals surface area contributed by atoms with Gasteiger partial charge in [-0.1, -0.05) is 30.3 Å². The van der Waals surface area contributed by atoms with Crippen molar-refractivity contribution in [3.05, 3.63) is 48.0 Å². The lowest BCUT2D eigenvalue weighted by atomic mass is 9.82. The highest BCUT2D eigenvalue weighted by atomic mass is 16.6. The standard InChI is InChI=1S/C25H30N2O5/c1-23(2,3)31-21(28)26-25(14-27(15-25)22(29)32-24(4,5)6)16-11-12-18-17-9-7-8-10-19(17)30-20(18)13-16/h7-13H,14-15H2,1-6H3,(H,26,28). The highest BCUT2D eigenvalue weighted by Gasteiger charge is 2.49. The average molecular weight is 439 g/mol. The minimum absolute atomic E-state index is 0.271. The molecule has 0 bridgehead atoms. The summed E-state index contributed by atoms with van der Waals surface area (Å²) in [5, 5.41) is 5.03. The highest BCUT2D eigenvalue weighted by molar-refractivity contribution is 6.05. The molecular formula is C25H30N2O5. The van der Waals surface area contributed by atoms with E-state index in [0.717, 1.165) is 27.5 Å². The molecule has 7 nitrogen and oxygen atoms in total. The third-order valence-corrected chi connectivity index (χ3v) is 5.24. The lowest BCUT2D eigenvalue weighted by molar-refractivity contribution is -0.0229. The molecule has 3 aromatic rings. The van der Waals surface area contributed by atoms with Crippen LogP contribution < -0.4 is 5.32 Å². The normalized spacial score (nSPS) is 16.0. The van der Waals surface area contributed by atoms with Gasteiger partial charge in [0.25, 0.3) is 0 Å². The molecule has 0 radical (unpaired) electrons. The van der Waals surface area contributed by atoms with E-state index in [0.29, 0.717) is 0 Å². The number of benzene rings is 2. The molecule has 0 saturated carbocycles. The van der Waals surface area contributed by atoms with Gasteiger partial charge in [-0.2, -0.15) is 0 Å². The number of carbonyl (C=O) groups excluding carboxylic acids is 2. The summed E-state index contributed by atoms with van der Waals surface area (Å²) in [7, 11) is 0. The Morgan fingerprint density at radius 1 is 0.906 bits per heavy atom. The maximum Gasteiger partial charge on any atom is 0.410 e. The number of hydrogen-bond donors (Lipinski definition) is 1. The number of likely N-dealkylation sites (tertiary alicyclic amines) is 1. The van der Waals surface area contributed by atoms with Gasteiger partial charge in [0.1, 0.15) is 27.9 Å². The number of nitrogens with zero attached hydrogens (tertiary/aromatic N) is 1. The van der Waals surface area contributed by atoms with Crippen LogP contribution in [0.25, 0.3) is 21.9 Å². The van der Waals surface area contributed by atoms with E-state index < -0.39 is 28.9 Å². The number of furan rings is 1. The van der Waals surface area contributed by atoms with Crippen molar-refractivity contribution >= 4 is 34.1 Å². The summed E-state index contributed by atoms with van der Waals surface area (Å²) in [6.45, 7) is 11.5. The molecule has 0 aliphatic carbocycles. The van der Waals surface area contributed by atoms with Crippen molar-refractivity contribution in [3.8, 4) is 0 Å². The van der Waals surface area contributed by atoms with Gasteiger partial charge in [-0.05, 0) is 59.2 Å². The average Bonchev–Trinajstić information content (AvgIpc) is 2.99. The summed E-state index contributed by atoms with van der Waals surface area (Å²) in [5.41, 5.74) is 0.341. The smallest absolute Gasteiger partial charge is 0.410 e. The molecule has 1 saturated heterocycles. The van der Waals surface area contributed by atoms with E-state index in [4.69, 9.17) is 13.9 Å². The zero-order valence-corrected chi connectivity index (χ0v) is 19.4. The lowest BCUT2D eigenvalue weighted by Gasteiger charge is -2.50. The Kier molecular flexibility index (Phi) is 5.11. The van der Waals surface area contributed by atoms with Crippen LogP contribution in [0.2, 0.25) is 0 Å². The number of amides is 2. The molecule has 2 aromatic carbocycles. The van der Waals surface area contributed by atoms with Gasteiger partial charge in [0.05, 0.1) is 13.1 Å². The summed E-state index contributed by atoms with van der Waals surface area (Å²) < 4.78 is 17.0. The first-order valence-electron chi connectivity index (χ1n) is 10.8. The Labute approximate surface area is 187 Å². The SMILES string of the molecule is CC(C)(C)OC(=O)NC1(c2ccc3c(c2)oc2ccccc23)CN(C(=O)OC(C)(C)C)C1. The fourth-order valence-corrected chi connectivity index (χ4v) is 3.92. The molecule has 1 aliphatic rings. The van der Waals surface area contributed by atoms with E-state index in [-0.39, 0.29) is 13.1 Å². The first-order valence-corrected chi connectivity index (χ1v) is 10.8. The van der Waals surface area contributed by atoms with Crippen LogP contribution in [0.3, 0.4) is 0 Å². The zero-order chi connectivity index (χ0) is 23.3. The Morgan fingerprint density at radius 3 is 2.19 bits per heavy atom. The number of fused-ring (bicyclic) bond motifs is 3. The van der Waals surface area contributed by atoms with E-state index in [1.807, 2.05) is 84.0 Å². The predicted octanol–water partition coefficient (Wildman–Crippen LogP) is 5.56. The van der Waals surface area contributed by atoms with Gasteiger partial charge in [0, 0.05) is 10.8 Å². The third-order valence-electron chi connectivity index (χ3n) is 5.24. The number of ether oxygens (including phenoxy) is 2. The van der Waals surface area contributed by atoms with Crippen molar-refractivity contribution in [3.63, 3.8) is 0 Å². The van der Waals surface area contributed by atoms with E-state index in [1.54, 1.807) is 4.90 Å². The van der Waals surface area contributed by atoms with E-state index in [1.165, 1.54) is 0 Å². The van der Waals surface area contributed by atoms with E-state index >= 15 is 0 Å². The maximum atomic E-state index is 12.7. The molecule has 7 heteroatoms. The van der Waals surface area contributed by atoms with Crippen molar-refractivity contribution in [1.29, 1.82) is 0 Å². The predicted molar refractivity (Wildman–Crippen MR) is 123 cm³/mol. The fraction of sp³-hybridized carbons (Fsp3) is 0.440. The van der Waals surface area contributed by atoms with Crippen molar-refractivity contribution in [2.24, 2.45) is 0 Å². The van der Waals surface area contributed by atoms with Gasteiger partial charge in [0.15, 0.2) is 0 Å². The topological polar surface area (TPSA) is 81.0 Å². The summed E-state index contributed by atoms with van der Waals surface area (Å²) >= 11 is 0. The second kappa shape index (κ2) is 7.43. The Morgan fingerprint density at radius 2 is 1.53 bits per heavy atom. The van der Waals surface area contributed by atoms with Crippen molar-refractivity contribution in [2.45, 2.75) is 58.3 Å². The third kappa shape index (κ3) is 4.38. The van der Waals surface area contributed by atoms with Crippen LogP contribution in [-0.2, 0) is 15.0 Å². The number of carbonyl (C=O) groups is 2. The molecule has 170 valence electrons. The summed E-state index contributed by atoms with van der Waals surface area (Å²) in [5.74, 6) is 0. The molecule has 0 atom stereocenters.